The molecule has 1 aliphatic heterocycles. The highest BCUT2D eigenvalue weighted by molar-refractivity contribution is 14.1. The number of allylic oxidation sites excluding steroid dienone is 4. The molecule has 0 aromatic heterocycles. The number of halogens is 2. The largest absolute Gasteiger partial charge is 0.487 e. The van der Waals surface area contributed by atoms with Gasteiger partial charge in [0.25, 0.3) is 11.8 Å². The zero-order chi connectivity index (χ0) is 35.5. The summed E-state index contributed by atoms with van der Waals surface area (Å²) in [7, 11) is 0. The molecule has 252 valence electrons. The highest BCUT2D eigenvalue weighted by atomic mass is 127. The molecule has 0 spiro atoms. The second kappa shape index (κ2) is 17.9. The lowest BCUT2D eigenvalue weighted by molar-refractivity contribution is -0.126. The molecule has 4 aromatic carbocycles. The van der Waals surface area contributed by atoms with Gasteiger partial charge in [0.05, 0.1) is 19.8 Å². The standard InChI is InChI=1S/C40H33BrIN3O4S/c1-3-5-21-31(4-2)45-39(48)32(22-28-23-33(41)37(34(42)24-28)49-25-27-15-9-6-10-16-27)38(47)44-40(45)50-26-35(46)43-36(29-17-11-7-12-18-29)30-19-13-8-14-20-30/h3-24,36H,1,25-26H2,2H3,(H,43,46)/b21-5-,31-4+,32-22+. The fourth-order valence-corrected chi connectivity index (χ4v) is 7.67. The third-order valence-electron chi connectivity index (χ3n) is 7.47. The molecule has 4 aromatic rings. The topological polar surface area (TPSA) is 88.1 Å². The number of rotatable bonds is 12. The molecular weight excluding hydrogens is 825 g/mol. The predicted octanol–water partition coefficient (Wildman–Crippen LogP) is 9.03. The van der Waals surface area contributed by atoms with Crippen molar-refractivity contribution in [1.82, 2.24) is 10.2 Å². The van der Waals surface area contributed by atoms with Gasteiger partial charge in [-0.1, -0.05) is 128 Å². The number of nitrogens with one attached hydrogen (secondary N) is 1. The first-order valence-corrected chi connectivity index (χ1v) is 18.5. The van der Waals surface area contributed by atoms with E-state index in [1.54, 1.807) is 37.3 Å². The third kappa shape index (κ3) is 9.38. The first kappa shape index (κ1) is 36.8. The Hall–Kier alpha value is -4.52. The van der Waals surface area contributed by atoms with Crippen molar-refractivity contribution < 1.29 is 19.1 Å². The number of carbonyl (C=O) groups excluding carboxylic acids is 3. The fourth-order valence-electron chi connectivity index (χ4n) is 5.09. The summed E-state index contributed by atoms with van der Waals surface area (Å²) in [5, 5.41) is 3.21. The van der Waals surface area contributed by atoms with Crippen molar-refractivity contribution in [2.75, 3.05) is 5.75 Å². The van der Waals surface area contributed by atoms with Crippen molar-refractivity contribution >= 4 is 79.2 Å². The van der Waals surface area contributed by atoms with Gasteiger partial charge in [0.1, 0.15) is 17.9 Å². The zero-order valence-electron chi connectivity index (χ0n) is 27.1. The molecule has 10 heteroatoms. The maximum Gasteiger partial charge on any atom is 0.285 e. The lowest BCUT2D eigenvalue weighted by Gasteiger charge is -2.28. The van der Waals surface area contributed by atoms with Crippen LogP contribution in [-0.2, 0) is 21.0 Å². The van der Waals surface area contributed by atoms with Crippen molar-refractivity contribution in [2.24, 2.45) is 4.99 Å². The molecule has 50 heavy (non-hydrogen) atoms. The molecule has 0 fully saturated rings. The Kier molecular flexibility index (Phi) is 13.2. The first-order chi connectivity index (χ1) is 24.3. The van der Waals surface area contributed by atoms with Crippen LogP contribution < -0.4 is 10.1 Å². The van der Waals surface area contributed by atoms with E-state index in [0.29, 0.717) is 28.1 Å². The second-order valence-corrected chi connectivity index (χ2v) is 13.9. The van der Waals surface area contributed by atoms with Gasteiger partial charge < -0.3 is 10.1 Å². The quantitative estimate of drug-likeness (QED) is 0.0666. The van der Waals surface area contributed by atoms with E-state index in [4.69, 9.17) is 4.74 Å². The van der Waals surface area contributed by atoms with Crippen molar-refractivity contribution in [1.29, 1.82) is 0 Å². The van der Waals surface area contributed by atoms with Gasteiger partial charge in [0.15, 0.2) is 5.17 Å². The second-order valence-electron chi connectivity index (χ2n) is 10.9. The minimum Gasteiger partial charge on any atom is -0.487 e. The summed E-state index contributed by atoms with van der Waals surface area (Å²) in [4.78, 5) is 46.7. The van der Waals surface area contributed by atoms with Gasteiger partial charge in [0, 0.05) is 5.70 Å². The summed E-state index contributed by atoms with van der Waals surface area (Å²) in [5.74, 6) is -0.963. The Morgan fingerprint density at radius 2 is 1.62 bits per heavy atom. The highest BCUT2D eigenvalue weighted by Crippen LogP contribution is 2.34. The number of aliphatic imine (C=N–C) groups is 1. The highest BCUT2D eigenvalue weighted by Gasteiger charge is 2.35. The number of amidine groups is 1. The van der Waals surface area contributed by atoms with E-state index in [1.807, 2.05) is 97.1 Å². The molecule has 7 nitrogen and oxygen atoms in total. The lowest BCUT2D eigenvalue weighted by atomic mass is 9.99. The molecule has 0 radical (unpaired) electrons. The van der Waals surface area contributed by atoms with Gasteiger partial charge in [-0.3, -0.25) is 19.3 Å². The minimum atomic E-state index is -0.695. The van der Waals surface area contributed by atoms with Crippen LogP contribution in [0.3, 0.4) is 0 Å². The SMILES string of the molecule is C=C/C=C\C(=C/C)N1C(=O)/C(=C/c2cc(Br)c(OCc3ccccc3)c(I)c2)C(=O)N=C1SCC(=O)NC(c1ccccc1)c1ccccc1. The number of hydrogen-bond donors (Lipinski definition) is 1. The molecule has 3 amide bonds. The normalized spacial score (nSPS) is 14.3. The Morgan fingerprint density at radius 1 is 1.00 bits per heavy atom. The summed E-state index contributed by atoms with van der Waals surface area (Å²) in [6.07, 6.45) is 8.24. The third-order valence-corrected chi connectivity index (χ3v) is 9.80. The fraction of sp³-hybridized carbons (Fsp3) is 0.100. The van der Waals surface area contributed by atoms with Crippen LogP contribution in [0, 0.1) is 3.57 Å². The molecule has 1 N–H and O–H groups in total. The van der Waals surface area contributed by atoms with Gasteiger partial charge in [-0.2, -0.15) is 4.99 Å². The van der Waals surface area contributed by atoms with Gasteiger partial charge in [0.2, 0.25) is 5.91 Å². The van der Waals surface area contributed by atoms with Crippen LogP contribution in [0.5, 0.6) is 5.75 Å². The smallest absolute Gasteiger partial charge is 0.285 e. The van der Waals surface area contributed by atoms with Gasteiger partial charge in [-0.25, -0.2) is 0 Å². The number of ether oxygens (including phenoxy) is 1. The number of amides is 3. The molecule has 0 bridgehead atoms. The number of nitrogens with zero attached hydrogens (tertiary/aromatic N) is 2. The summed E-state index contributed by atoms with van der Waals surface area (Å²) in [6, 6.07) is 32.4. The number of carbonyl (C=O) groups is 3. The van der Waals surface area contributed by atoms with Crippen molar-refractivity contribution in [3.05, 3.63) is 176 Å². The van der Waals surface area contributed by atoms with Gasteiger partial charge >= 0.3 is 0 Å². The summed E-state index contributed by atoms with van der Waals surface area (Å²) in [6.45, 7) is 5.91. The molecule has 0 saturated carbocycles. The van der Waals surface area contributed by atoms with E-state index in [9.17, 15) is 14.4 Å². The van der Waals surface area contributed by atoms with Crippen LogP contribution in [0.2, 0.25) is 0 Å². The maximum atomic E-state index is 14.1. The van der Waals surface area contributed by atoms with Crippen molar-refractivity contribution in [2.45, 2.75) is 19.6 Å². The van der Waals surface area contributed by atoms with E-state index in [0.717, 1.165) is 32.0 Å². The van der Waals surface area contributed by atoms with Crippen LogP contribution in [0.1, 0.15) is 35.2 Å². The molecule has 0 saturated heterocycles. The van der Waals surface area contributed by atoms with Crippen LogP contribution in [-0.4, -0.2) is 33.5 Å². The molecule has 0 aliphatic carbocycles. The Labute approximate surface area is 318 Å². The monoisotopic (exact) mass is 857 g/mol. The van der Waals surface area contributed by atoms with E-state index >= 15 is 0 Å². The zero-order valence-corrected chi connectivity index (χ0v) is 31.7. The molecule has 0 unspecified atom stereocenters. The van der Waals surface area contributed by atoms with Gasteiger partial charge in [-0.05, 0) is 92.0 Å². The van der Waals surface area contributed by atoms with E-state index < -0.39 is 11.8 Å². The summed E-state index contributed by atoms with van der Waals surface area (Å²) in [5.41, 5.74) is 3.87. The van der Waals surface area contributed by atoms with Crippen LogP contribution in [0.25, 0.3) is 6.08 Å². The first-order valence-electron chi connectivity index (χ1n) is 15.6. The summed E-state index contributed by atoms with van der Waals surface area (Å²) < 4.78 is 7.55. The minimum absolute atomic E-state index is 0.0805. The van der Waals surface area contributed by atoms with Gasteiger partial charge in [-0.15, -0.1) is 0 Å². The predicted molar refractivity (Wildman–Crippen MR) is 213 cm³/mol. The maximum absolute atomic E-state index is 14.1. The Bertz CT molecular complexity index is 1930. The van der Waals surface area contributed by atoms with Crippen LogP contribution in [0.4, 0.5) is 0 Å². The van der Waals surface area contributed by atoms with Crippen molar-refractivity contribution in [3.8, 4) is 5.75 Å². The molecule has 1 heterocycles. The van der Waals surface area contributed by atoms with E-state index in [1.165, 1.54) is 11.0 Å². The summed E-state index contributed by atoms with van der Waals surface area (Å²) >= 11 is 6.78. The average molecular weight is 859 g/mol. The molecule has 1 aliphatic rings. The lowest BCUT2D eigenvalue weighted by Crippen LogP contribution is -2.42. The van der Waals surface area contributed by atoms with E-state index in [-0.39, 0.29) is 28.4 Å². The number of hydrogen-bond acceptors (Lipinski definition) is 5. The van der Waals surface area contributed by atoms with Crippen LogP contribution in [0.15, 0.2) is 155 Å². The number of benzene rings is 4. The van der Waals surface area contributed by atoms with Crippen molar-refractivity contribution in [3.63, 3.8) is 0 Å². The Balaban J connectivity index is 1.39. The molecule has 0 atom stereocenters. The molecule has 5 rings (SSSR count). The van der Waals surface area contributed by atoms with E-state index in [2.05, 4.69) is 55.4 Å². The van der Waals surface area contributed by atoms with Crippen LogP contribution >= 0.6 is 50.3 Å². The number of thioether (sulfide) groups is 1. The Morgan fingerprint density at radius 3 is 2.20 bits per heavy atom. The molecular formula is C40H33BrIN3O4S. The average Bonchev–Trinajstić information content (AvgIpc) is 3.13.